The van der Waals surface area contributed by atoms with Crippen LogP contribution in [0.1, 0.15) is 24.8 Å². The molecule has 1 aromatic rings. The first kappa shape index (κ1) is 14.3. The van der Waals surface area contributed by atoms with E-state index in [9.17, 15) is 9.18 Å². The van der Waals surface area contributed by atoms with Gasteiger partial charge in [0.25, 0.3) is 0 Å². The maximum Gasteiger partial charge on any atom is 0.306 e. The van der Waals surface area contributed by atoms with E-state index in [0.29, 0.717) is 23.7 Å². The molecule has 0 amide bonds. The molecule has 2 N–H and O–H groups in total. The van der Waals surface area contributed by atoms with Gasteiger partial charge in [-0.15, -0.1) is 0 Å². The first-order chi connectivity index (χ1) is 9.08. The highest BCUT2D eigenvalue weighted by molar-refractivity contribution is 6.30. The summed E-state index contributed by atoms with van der Waals surface area (Å²) in [6.07, 6.45) is 2.62. The average Bonchev–Trinajstić information content (AvgIpc) is 2.82. The molecule has 2 rings (SSSR count). The molecule has 0 aliphatic heterocycles. The van der Waals surface area contributed by atoms with Gasteiger partial charge in [0.05, 0.1) is 5.92 Å². The fourth-order valence-electron chi connectivity index (χ4n) is 2.68. The van der Waals surface area contributed by atoms with Crippen molar-refractivity contribution in [1.82, 2.24) is 5.32 Å². The third-order valence-corrected chi connectivity index (χ3v) is 3.94. The Labute approximate surface area is 116 Å². The van der Waals surface area contributed by atoms with Crippen LogP contribution in [0.25, 0.3) is 0 Å². The van der Waals surface area contributed by atoms with Crippen LogP contribution in [-0.4, -0.2) is 17.6 Å². The summed E-state index contributed by atoms with van der Waals surface area (Å²) in [5.41, 5.74) is 0.511. The Morgan fingerprint density at radius 3 is 3.00 bits per heavy atom. The van der Waals surface area contributed by atoms with Crippen molar-refractivity contribution in [3.63, 3.8) is 0 Å². The SMILES string of the molecule is O=C(O)C1CCCC1CNCc1cc(Cl)ccc1F. The summed E-state index contributed by atoms with van der Waals surface area (Å²) in [4.78, 5) is 11.0. The summed E-state index contributed by atoms with van der Waals surface area (Å²) >= 11 is 5.82. The Bertz CT molecular complexity index is 467. The van der Waals surface area contributed by atoms with Gasteiger partial charge in [-0.3, -0.25) is 4.79 Å². The Kier molecular flexibility index (Phi) is 4.77. The molecule has 1 aliphatic carbocycles. The van der Waals surface area contributed by atoms with Gasteiger partial charge in [0.15, 0.2) is 0 Å². The maximum atomic E-state index is 13.5. The molecular formula is C14H17ClFNO2. The summed E-state index contributed by atoms with van der Waals surface area (Å²) in [6, 6.07) is 4.44. The topological polar surface area (TPSA) is 49.3 Å². The first-order valence-corrected chi connectivity index (χ1v) is 6.83. The molecule has 1 aliphatic rings. The Hall–Kier alpha value is -1.13. The molecule has 104 valence electrons. The van der Waals surface area contributed by atoms with Crippen molar-refractivity contribution in [3.05, 3.63) is 34.6 Å². The fourth-order valence-corrected chi connectivity index (χ4v) is 2.87. The zero-order chi connectivity index (χ0) is 13.8. The predicted molar refractivity (Wildman–Crippen MR) is 71.6 cm³/mol. The molecule has 0 spiro atoms. The molecule has 1 saturated carbocycles. The van der Waals surface area contributed by atoms with E-state index >= 15 is 0 Å². The van der Waals surface area contributed by atoms with Crippen LogP contribution >= 0.6 is 11.6 Å². The van der Waals surface area contributed by atoms with Gasteiger partial charge in [0.1, 0.15) is 5.82 Å². The van der Waals surface area contributed by atoms with Gasteiger partial charge in [-0.2, -0.15) is 0 Å². The standard InChI is InChI=1S/C14H17ClFNO2/c15-11-4-5-13(16)10(6-11)8-17-7-9-2-1-3-12(9)14(18)19/h4-6,9,12,17H,1-3,7-8H2,(H,18,19). The number of hydrogen-bond acceptors (Lipinski definition) is 2. The van der Waals surface area contributed by atoms with E-state index in [2.05, 4.69) is 5.32 Å². The maximum absolute atomic E-state index is 13.5. The molecule has 0 bridgehead atoms. The van der Waals surface area contributed by atoms with Crippen LogP contribution in [0.5, 0.6) is 0 Å². The van der Waals surface area contributed by atoms with E-state index < -0.39 is 5.97 Å². The van der Waals surface area contributed by atoms with E-state index in [1.165, 1.54) is 12.1 Å². The molecule has 0 radical (unpaired) electrons. The minimum absolute atomic E-state index is 0.139. The summed E-state index contributed by atoms with van der Waals surface area (Å²) < 4.78 is 13.5. The summed E-state index contributed by atoms with van der Waals surface area (Å²) in [6.45, 7) is 0.970. The van der Waals surface area contributed by atoms with Crippen LogP contribution in [0.2, 0.25) is 5.02 Å². The lowest BCUT2D eigenvalue weighted by Gasteiger charge is -2.16. The number of halogens is 2. The lowest BCUT2D eigenvalue weighted by Crippen LogP contribution is -2.29. The van der Waals surface area contributed by atoms with E-state index in [0.717, 1.165) is 19.3 Å². The van der Waals surface area contributed by atoms with Crippen LogP contribution in [0, 0.1) is 17.7 Å². The summed E-state index contributed by atoms with van der Waals surface area (Å²) in [5, 5.41) is 12.7. The van der Waals surface area contributed by atoms with Crippen LogP contribution < -0.4 is 5.32 Å². The number of carbonyl (C=O) groups is 1. The minimum Gasteiger partial charge on any atom is -0.481 e. The number of rotatable bonds is 5. The van der Waals surface area contributed by atoms with Crippen LogP contribution in [0.15, 0.2) is 18.2 Å². The van der Waals surface area contributed by atoms with Crippen molar-refractivity contribution in [2.45, 2.75) is 25.8 Å². The van der Waals surface area contributed by atoms with Crippen molar-refractivity contribution in [2.75, 3.05) is 6.54 Å². The number of carboxylic acids is 1. The lowest BCUT2D eigenvalue weighted by atomic mass is 9.96. The van der Waals surface area contributed by atoms with E-state index in [-0.39, 0.29) is 17.7 Å². The van der Waals surface area contributed by atoms with Gasteiger partial charge >= 0.3 is 5.97 Å². The molecule has 1 fully saturated rings. The average molecular weight is 286 g/mol. The normalized spacial score (nSPS) is 22.6. The van der Waals surface area contributed by atoms with Crippen LogP contribution in [-0.2, 0) is 11.3 Å². The van der Waals surface area contributed by atoms with Gasteiger partial charge < -0.3 is 10.4 Å². The molecule has 19 heavy (non-hydrogen) atoms. The van der Waals surface area contributed by atoms with Crippen molar-refractivity contribution in [3.8, 4) is 0 Å². The molecule has 0 heterocycles. The third-order valence-electron chi connectivity index (χ3n) is 3.71. The summed E-state index contributed by atoms with van der Waals surface area (Å²) in [5.74, 6) is -1.15. The molecular weight excluding hydrogens is 269 g/mol. The highest BCUT2D eigenvalue weighted by atomic mass is 35.5. The summed E-state index contributed by atoms with van der Waals surface area (Å²) in [7, 11) is 0. The van der Waals surface area contributed by atoms with Gasteiger partial charge in [-0.1, -0.05) is 18.0 Å². The van der Waals surface area contributed by atoms with E-state index in [1.54, 1.807) is 6.07 Å². The Morgan fingerprint density at radius 2 is 2.26 bits per heavy atom. The van der Waals surface area contributed by atoms with Gasteiger partial charge in [-0.05, 0) is 43.5 Å². The number of carboxylic acid groups (broad SMARTS) is 1. The predicted octanol–water partition coefficient (Wildman–Crippen LogP) is 3.07. The van der Waals surface area contributed by atoms with Crippen LogP contribution in [0.3, 0.4) is 0 Å². The fraction of sp³-hybridized carbons (Fsp3) is 0.500. The third kappa shape index (κ3) is 3.67. The van der Waals surface area contributed by atoms with Gasteiger partial charge in [0, 0.05) is 17.1 Å². The number of nitrogens with one attached hydrogen (secondary N) is 1. The Balaban J connectivity index is 1.86. The molecule has 1 aromatic carbocycles. The molecule has 5 heteroatoms. The van der Waals surface area contributed by atoms with Gasteiger partial charge in [0.2, 0.25) is 0 Å². The van der Waals surface area contributed by atoms with Crippen molar-refractivity contribution < 1.29 is 14.3 Å². The second-order valence-electron chi connectivity index (χ2n) is 5.00. The van der Waals surface area contributed by atoms with Crippen LogP contribution in [0.4, 0.5) is 4.39 Å². The molecule has 2 unspecified atom stereocenters. The monoisotopic (exact) mass is 285 g/mol. The quantitative estimate of drug-likeness (QED) is 0.874. The zero-order valence-corrected chi connectivity index (χ0v) is 11.3. The van der Waals surface area contributed by atoms with Crippen molar-refractivity contribution in [1.29, 1.82) is 0 Å². The largest absolute Gasteiger partial charge is 0.481 e. The molecule has 0 saturated heterocycles. The molecule has 0 aromatic heterocycles. The van der Waals surface area contributed by atoms with E-state index in [4.69, 9.17) is 16.7 Å². The highest BCUT2D eigenvalue weighted by Gasteiger charge is 2.32. The van der Waals surface area contributed by atoms with Crippen molar-refractivity contribution in [2.24, 2.45) is 11.8 Å². The zero-order valence-electron chi connectivity index (χ0n) is 10.5. The Morgan fingerprint density at radius 1 is 1.47 bits per heavy atom. The second-order valence-corrected chi connectivity index (χ2v) is 5.44. The van der Waals surface area contributed by atoms with Crippen molar-refractivity contribution >= 4 is 17.6 Å². The lowest BCUT2D eigenvalue weighted by molar-refractivity contribution is -0.142. The number of hydrogen-bond donors (Lipinski definition) is 2. The number of aliphatic carboxylic acids is 1. The molecule has 2 atom stereocenters. The second kappa shape index (κ2) is 6.35. The van der Waals surface area contributed by atoms with E-state index in [1.807, 2.05) is 0 Å². The smallest absolute Gasteiger partial charge is 0.306 e. The number of benzene rings is 1. The van der Waals surface area contributed by atoms with Gasteiger partial charge in [-0.25, -0.2) is 4.39 Å². The highest BCUT2D eigenvalue weighted by Crippen LogP contribution is 2.31. The minimum atomic E-state index is -0.724. The first-order valence-electron chi connectivity index (χ1n) is 6.45. The molecule has 3 nitrogen and oxygen atoms in total.